The molecular weight excluding hydrogens is 889 g/mol. The van der Waals surface area contributed by atoms with Gasteiger partial charge < -0.3 is 53.2 Å². The molecule has 0 saturated heterocycles. The molecule has 2 aromatic rings. The summed E-state index contributed by atoms with van der Waals surface area (Å²) in [5.74, 6) is -11.0. The quantitative estimate of drug-likeness (QED) is 0.0380. The van der Waals surface area contributed by atoms with Crippen LogP contribution in [0.25, 0.3) is 0 Å². The van der Waals surface area contributed by atoms with Crippen molar-refractivity contribution >= 4 is 88.4 Å². The number of hydrogen-bond acceptors (Lipinski definition) is 19. The highest BCUT2D eigenvalue weighted by Gasteiger charge is 2.30. The highest BCUT2D eigenvalue weighted by molar-refractivity contribution is 7.99. The van der Waals surface area contributed by atoms with Gasteiger partial charge in [0.2, 0.25) is 23.6 Å². The predicted octanol–water partition coefficient (Wildman–Crippen LogP) is -1.97. The van der Waals surface area contributed by atoms with Crippen LogP contribution in [-0.2, 0) is 43.2 Å². The van der Waals surface area contributed by atoms with E-state index in [1.54, 1.807) is 0 Å². The molecule has 2 heterocycles. The Morgan fingerprint density at radius 3 is 1.22 bits per heavy atom. The molecule has 2 rings (SSSR count). The maximum Gasteiger partial charge on any atom is 0.322 e. The number of nitrogens with zero attached hydrogens (tertiary/aromatic N) is 4. The second-order valence-electron chi connectivity index (χ2n) is 13.8. The maximum atomic E-state index is 14.1. The van der Waals surface area contributed by atoms with Crippen LogP contribution >= 0.6 is 23.5 Å². The highest BCUT2D eigenvalue weighted by atomic mass is 32.2. The molecule has 0 fully saturated rings. The van der Waals surface area contributed by atoms with E-state index in [-0.39, 0.29) is 60.0 Å². The van der Waals surface area contributed by atoms with Crippen molar-refractivity contribution in [3.8, 4) is 0 Å². The monoisotopic (exact) mass is 936 g/mol. The van der Waals surface area contributed by atoms with Gasteiger partial charge in [0.1, 0.15) is 54.4 Å². The van der Waals surface area contributed by atoms with E-state index in [0.29, 0.717) is 0 Å². The average molecular weight is 937 g/mol. The molecule has 12 N–H and O–H groups in total. The number of hydrogen-bond donors (Lipinski definition) is 10. The molecule has 0 aliphatic rings. The number of thioether (sulfide) groups is 2. The third-order valence-electron chi connectivity index (χ3n) is 8.61. The minimum absolute atomic E-state index is 0.0144. The predicted molar refractivity (Wildman–Crippen MR) is 224 cm³/mol. The molecule has 0 radical (unpaired) electrons. The summed E-state index contributed by atoms with van der Waals surface area (Å²) in [5, 5.41) is 43.6. The van der Waals surface area contributed by atoms with Crippen LogP contribution in [0.5, 0.6) is 0 Å². The number of ketones is 3. The lowest BCUT2D eigenvalue weighted by atomic mass is 10.1. The van der Waals surface area contributed by atoms with Crippen LogP contribution in [0.3, 0.4) is 0 Å². The van der Waals surface area contributed by atoms with Crippen molar-refractivity contribution in [1.82, 2.24) is 41.2 Å². The fraction of sp³-hybridized carbons (Fsp3) is 0.486. The summed E-state index contributed by atoms with van der Waals surface area (Å²) in [6.45, 7) is 0.853. The van der Waals surface area contributed by atoms with Crippen molar-refractivity contribution in [2.24, 2.45) is 11.5 Å². The summed E-state index contributed by atoms with van der Waals surface area (Å²) in [7, 11) is 0. The van der Waals surface area contributed by atoms with E-state index >= 15 is 0 Å². The number of nitrogens with two attached hydrogens (primary N) is 2. The summed E-state index contributed by atoms with van der Waals surface area (Å²) in [5.41, 5.74) is 11.2. The fourth-order valence-corrected chi connectivity index (χ4v) is 7.59. The Morgan fingerprint density at radius 1 is 0.578 bits per heavy atom. The average Bonchev–Trinajstić information content (AvgIpc) is 3.24. The zero-order valence-electron chi connectivity index (χ0n) is 34.4. The Kier molecular flexibility index (Phi) is 22.6. The lowest BCUT2D eigenvalue weighted by molar-refractivity contribution is -0.140. The van der Waals surface area contributed by atoms with Crippen LogP contribution in [0.1, 0.15) is 95.2 Å². The zero-order chi connectivity index (χ0) is 48.1. The van der Waals surface area contributed by atoms with Gasteiger partial charge in [0.05, 0.1) is 46.7 Å². The van der Waals surface area contributed by atoms with Crippen molar-refractivity contribution in [3.63, 3.8) is 0 Å². The number of aromatic nitrogens is 4. The SMILES string of the molecule is CC(=O)c1cnc(C(CC(=O)CC(SC[C@H](NC(=O)CC[C@@H](N)C(=O)O)C(=O)NCC(=O)O)c2cnc(C(C)=O)cn2)SCC(NC(=O)CC[C@H](N)C(=O)O)C(=O)NCC(=O)O)cn1. The van der Waals surface area contributed by atoms with Crippen molar-refractivity contribution in [1.29, 1.82) is 0 Å². The molecule has 0 aromatic carbocycles. The Bertz CT molecular complexity index is 1900. The van der Waals surface area contributed by atoms with Gasteiger partial charge in [-0.25, -0.2) is 9.97 Å². The van der Waals surface area contributed by atoms with Gasteiger partial charge in [-0.05, 0) is 12.8 Å². The van der Waals surface area contributed by atoms with Gasteiger partial charge in [-0.3, -0.25) is 62.7 Å². The minimum atomic E-state index is -1.43. The third kappa shape index (κ3) is 19.7. The minimum Gasteiger partial charge on any atom is -0.480 e. The number of carbonyl (C=O) groups is 11. The first-order valence-electron chi connectivity index (χ1n) is 19.0. The molecular formula is C37H48N10O15S2. The Balaban J connectivity index is 2.47. The van der Waals surface area contributed by atoms with Crippen LogP contribution in [0.15, 0.2) is 24.8 Å². The molecule has 0 bridgehead atoms. The first kappa shape index (κ1) is 53.7. The van der Waals surface area contributed by atoms with Gasteiger partial charge >= 0.3 is 23.9 Å². The molecule has 64 heavy (non-hydrogen) atoms. The van der Waals surface area contributed by atoms with Crippen molar-refractivity contribution in [3.05, 3.63) is 47.6 Å². The Hall–Kier alpha value is -6.45. The Morgan fingerprint density at radius 2 is 0.938 bits per heavy atom. The summed E-state index contributed by atoms with van der Waals surface area (Å²) >= 11 is 1.83. The van der Waals surface area contributed by atoms with Gasteiger partial charge in [-0.15, -0.1) is 23.5 Å². The second kappa shape index (κ2) is 26.9. The number of amides is 4. The van der Waals surface area contributed by atoms with E-state index in [9.17, 15) is 52.7 Å². The first-order valence-corrected chi connectivity index (χ1v) is 21.1. The number of carboxylic acid groups (broad SMARTS) is 4. The molecule has 0 saturated carbocycles. The molecule has 0 aliphatic carbocycles. The summed E-state index contributed by atoms with van der Waals surface area (Å²) in [4.78, 5) is 151. The van der Waals surface area contributed by atoms with E-state index in [4.69, 9.17) is 31.9 Å². The van der Waals surface area contributed by atoms with E-state index in [0.717, 1.165) is 35.9 Å². The van der Waals surface area contributed by atoms with Gasteiger partial charge in [0.15, 0.2) is 11.6 Å². The van der Waals surface area contributed by atoms with Crippen LogP contribution in [0.4, 0.5) is 0 Å². The number of carboxylic acids is 4. The van der Waals surface area contributed by atoms with Crippen molar-refractivity contribution in [2.45, 2.75) is 87.0 Å². The number of Topliss-reactive ketones (excluding diaryl/α,β-unsaturated/α-hetero) is 3. The first-order chi connectivity index (χ1) is 30.1. The molecule has 0 aliphatic heterocycles. The summed E-state index contributed by atoms with van der Waals surface area (Å²) in [6.07, 6.45) is 2.59. The molecule has 25 nitrogen and oxygen atoms in total. The number of carbonyl (C=O) groups excluding carboxylic acids is 7. The fourth-order valence-electron chi connectivity index (χ4n) is 5.08. The highest BCUT2D eigenvalue weighted by Crippen LogP contribution is 2.36. The molecule has 4 amide bonds. The van der Waals surface area contributed by atoms with Gasteiger partial charge in [0, 0.05) is 51.0 Å². The number of rotatable bonds is 30. The smallest absolute Gasteiger partial charge is 0.322 e. The normalized spacial score (nSPS) is 13.7. The number of aliphatic carboxylic acids is 4. The van der Waals surface area contributed by atoms with Crippen LogP contribution in [-0.4, -0.2) is 154 Å². The van der Waals surface area contributed by atoms with E-state index < -0.39 is 125 Å². The molecule has 27 heteroatoms. The van der Waals surface area contributed by atoms with Crippen LogP contribution in [0.2, 0.25) is 0 Å². The van der Waals surface area contributed by atoms with E-state index in [2.05, 4.69) is 41.2 Å². The lowest BCUT2D eigenvalue weighted by Gasteiger charge is -2.23. The number of nitrogens with one attached hydrogen (secondary N) is 4. The van der Waals surface area contributed by atoms with Gasteiger partial charge in [-0.1, -0.05) is 0 Å². The maximum absolute atomic E-state index is 14.1. The molecule has 348 valence electrons. The van der Waals surface area contributed by atoms with Crippen LogP contribution in [0, 0.1) is 0 Å². The molecule has 6 atom stereocenters. The van der Waals surface area contributed by atoms with Gasteiger partial charge in [0.25, 0.3) is 0 Å². The molecule has 3 unspecified atom stereocenters. The summed E-state index contributed by atoms with van der Waals surface area (Å²) in [6, 6.07) is -5.64. The topological polar surface area (TPSA) is 420 Å². The van der Waals surface area contributed by atoms with E-state index in [1.165, 1.54) is 26.2 Å². The van der Waals surface area contributed by atoms with Gasteiger partial charge in [-0.2, -0.15) is 0 Å². The Labute approximate surface area is 372 Å². The zero-order valence-corrected chi connectivity index (χ0v) is 36.0. The van der Waals surface area contributed by atoms with E-state index in [1.807, 2.05) is 0 Å². The van der Waals surface area contributed by atoms with Crippen molar-refractivity contribution < 1.29 is 73.2 Å². The largest absolute Gasteiger partial charge is 0.480 e. The third-order valence-corrected chi connectivity index (χ3v) is 11.3. The standard InChI is InChI=1S/C37H48N10O15S2/c1-17(48)22-9-42-24(11-40-22)28(63-15-26(34(57)44-13-32(53)54)46-30(51)5-3-20(38)36(59)60)7-19(50)8-29(25-12-41-23(10-43-25)18(2)49)64-16-27(35(58)45-14-33(55)56)47-31(52)6-4-21(39)37(61)62/h9-12,20-21,26-29H,3-8,13-16,38-39H2,1-2H3,(H,44,57)(H,45,58)(H,46,51)(H,47,52)(H,53,54)(H,55,56)(H,59,60)(H,61,62)/t20-,21+,26+,27?,28?,29?/m1/s1. The second-order valence-corrected chi connectivity index (χ2v) is 16.3. The lowest BCUT2D eigenvalue weighted by Crippen LogP contribution is -2.49. The van der Waals surface area contributed by atoms with Crippen LogP contribution < -0.4 is 32.7 Å². The molecule has 0 spiro atoms. The van der Waals surface area contributed by atoms with Crippen molar-refractivity contribution in [2.75, 3.05) is 24.6 Å². The summed E-state index contributed by atoms with van der Waals surface area (Å²) < 4.78 is 0. The molecule has 2 aromatic heterocycles.